The monoisotopic (exact) mass is 474 g/mol. The molecular formula is C25H26N6O2S. The summed E-state index contributed by atoms with van der Waals surface area (Å²) in [6, 6.07) is 15.5. The molecule has 0 bridgehead atoms. The zero-order chi connectivity index (χ0) is 23.3. The van der Waals surface area contributed by atoms with Crippen LogP contribution in [0.4, 0.5) is 0 Å². The Labute approximate surface area is 202 Å². The molecule has 1 aliphatic rings. The number of nitrogens with one attached hydrogen (secondary N) is 2. The standard InChI is InChI=1S/C25H26N6O2S/c1-17-15-23(30-29-17)20-3-2-4-22-21(20)16-27-25(28-22)34-19-7-5-18(6-8-19)24(32)26-9-10-31-11-13-33-14-12-31/h2-8,15-16H,9-14H2,1H3,(H,26,32)(H,29,30). The molecule has 1 saturated heterocycles. The van der Waals surface area contributed by atoms with Gasteiger partial charge in [-0.25, -0.2) is 9.97 Å². The summed E-state index contributed by atoms with van der Waals surface area (Å²) >= 11 is 1.47. The number of rotatable bonds is 7. The molecule has 0 spiro atoms. The van der Waals surface area contributed by atoms with Gasteiger partial charge in [-0.3, -0.25) is 14.8 Å². The first-order chi connectivity index (χ1) is 16.7. The number of aromatic amines is 1. The van der Waals surface area contributed by atoms with Gasteiger partial charge in [0.2, 0.25) is 0 Å². The molecule has 1 aliphatic heterocycles. The van der Waals surface area contributed by atoms with E-state index in [1.807, 2.05) is 61.7 Å². The summed E-state index contributed by atoms with van der Waals surface area (Å²) in [4.78, 5) is 25.0. The lowest BCUT2D eigenvalue weighted by Gasteiger charge is -2.26. The summed E-state index contributed by atoms with van der Waals surface area (Å²) in [5.74, 6) is -0.0621. The second kappa shape index (κ2) is 10.3. The van der Waals surface area contributed by atoms with E-state index in [9.17, 15) is 4.79 Å². The highest BCUT2D eigenvalue weighted by atomic mass is 32.2. The van der Waals surface area contributed by atoms with Gasteiger partial charge in [0.05, 0.1) is 24.4 Å². The van der Waals surface area contributed by atoms with Crippen LogP contribution in [0.3, 0.4) is 0 Å². The molecule has 1 fully saturated rings. The molecule has 0 atom stereocenters. The van der Waals surface area contributed by atoms with Crippen molar-refractivity contribution in [3.05, 3.63) is 66.0 Å². The summed E-state index contributed by atoms with van der Waals surface area (Å²) in [5.41, 5.74) is 4.40. The number of aryl methyl sites for hydroxylation is 1. The lowest BCUT2D eigenvalue weighted by Crippen LogP contribution is -2.41. The molecule has 5 rings (SSSR count). The Morgan fingerprint density at radius 1 is 1.18 bits per heavy atom. The molecule has 2 aromatic heterocycles. The maximum absolute atomic E-state index is 12.5. The van der Waals surface area contributed by atoms with Crippen molar-refractivity contribution in [1.82, 2.24) is 30.4 Å². The van der Waals surface area contributed by atoms with Gasteiger partial charge in [0.25, 0.3) is 5.91 Å². The summed E-state index contributed by atoms with van der Waals surface area (Å²) < 4.78 is 5.35. The van der Waals surface area contributed by atoms with E-state index in [4.69, 9.17) is 9.72 Å². The van der Waals surface area contributed by atoms with Crippen molar-refractivity contribution in [2.75, 3.05) is 39.4 Å². The molecule has 3 heterocycles. The van der Waals surface area contributed by atoms with Crippen molar-refractivity contribution in [1.29, 1.82) is 0 Å². The Morgan fingerprint density at radius 2 is 2.00 bits per heavy atom. The van der Waals surface area contributed by atoms with Gasteiger partial charge >= 0.3 is 0 Å². The normalized spacial score (nSPS) is 14.4. The number of H-pyrrole nitrogens is 1. The van der Waals surface area contributed by atoms with Crippen molar-refractivity contribution >= 4 is 28.6 Å². The minimum atomic E-state index is -0.0621. The highest BCUT2D eigenvalue weighted by molar-refractivity contribution is 7.99. The van der Waals surface area contributed by atoms with Crippen LogP contribution in [0, 0.1) is 6.92 Å². The van der Waals surface area contributed by atoms with Crippen LogP contribution in [0.1, 0.15) is 16.1 Å². The number of ether oxygens (including phenoxy) is 1. The van der Waals surface area contributed by atoms with E-state index in [1.165, 1.54) is 11.8 Å². The molecule has 0 unspecified atom stereocenters. The summed E-state index contributed by atoms with van der Waals surface area (Å²) in [6.07, 6.45) is 1.85. The van der Waals surface area contributed by atoms with Crippen LogP contribution in [0.5, 0.6) is 0 Å². The Bertz CT molecular complexity index is 1280. The van der Waals surface area contributed by atoms with Crippen LogP contribution in [-0.2, 0) is 4.74 Å². The van der Waals surface area contributed by atoms with Crippen LogP contribution < -0.4 is 5.32 Å². The quantitative estimate of drug-likeness (QED) is 0.396. The molecule has 0 radical (unpaired) electrons. The summed E-state index contributed by atoms with van der Waals surface area (Å²) in [5, 5.41) is 12.0. The highest BCUT2D eigenvalue weighted by Gasteiger charge is 2.12. The average molecular weight is 475 g/mol. The van der Waals surface area contributed by atoms with Gasteiger partial charge in [-0.05, 0) is 55.1 Å². The Morgan fingerprint density at radius 3 is 2.76 bits per heavy atom. The van der Waals surface area contributed by atoms with Crippen molar-refractivity contribution in [2.24, 2.45) is 0 Å². The van der Waals surface area contributed by atoms with Gasteiger partial charge in [-0.15, -0.1) is 0 Å². The van der Waals surface area contributed by atoms with Crippen LogP contribution in [0.15, 0.2) is 64.8 Å². The van der Waals surface area contributed by atoms with E-state index in [-0.39, 0.29) is 5.91 Å². The van der Waals surface area contributed by atoms with Gasteiger partial charge in [0.15, 0.2) is 5.16 Å². The van der Waals surface area contributed by atoms with Crippen LogP contribution in [0.25, 0.3) is 22.2 Å². The van der Waals surface area contributed by atoms with Crippen molar-refractivity contribution in [3.63, 3.8) is 0 Å². The van der Waals surface area contributed by atoms with E-state index < -0.39 is 0 Å². The summed E-state index contributed by atoms with van der Waals surface area (Å²) in [7, 11) is 0. The molecule has 1 amide bonds. The predicted molar refractivity (Wildman–Crippen MR) is 132 cm³/mol. The first-order valence-electron chi connectivity index (χ1n) is 11.3. The number of benzene rings is 2. The van der Waals surface area contributed by atoms with E-state index in [0.717, 1.165) is 65.6 Å². The number of carbonyl (C=O) groups is 1. The van der Waals surface area contributed by atoms with E-state index in [1.54, 1.807) is 0 Å². The van der Waals surface area contributed by atoms with E-state index >= 15 is 0 Å². The van der Waals surface area contributed by atoms with Crippen molar-refractivity contribution in [2.45, 2.75) is 17.0 Å². The lowest BCUT2D eigenvalue weighted by atomic mass is 10.1. The van der Waals surface area contributed by atoms with Crippen LogP contribution in [-0.4, -0.2) is 70.4 Å². The van der Waals surface area contributed by atoms with Gasteiger partial charge in [0.1, 0.15) is 0 Å². The molecule has 8 nitrogen and oxygen atoms in total. The third kappa shape index (κ3) is 5.27. The predicted octanol–water partition coefficient (Wildman–Crippen LogP) is 3.54. The fourth-order valence-corrected chi connectivity index (χ4v) is 4.63. The van der Waals surface area contributed by atoms with Crippen molar-refractivity contribution < 1.29 is 9.53 Å². The largest absolute Gasteiger partial charge is 0.379 e. The second-order valence-electron chi connectivity index (χ2n) is 8.16. The summed E-state index contributed by atoms with van der Waals surface area (Å²) in [6.45, 7) is 6.81. The number of hydrogen-bond acceptors (Lipinski definition) is 7. The topological polar surface area (TPSA) is 96.0 Å². The third-order valence-electron chi connectivity index (χ3n) is 5.73. The van der Waals surface area contributed by atoms with Crippen molar-refractivity contribution in [3.8, 4) is 11.3 Å². The highest BCUT2D eigenvalue weighted by Crippen LogP contribution is 2.30. The fraction of sp³-hybridized carbons (Fsp3) is 0.280. The molecule has 2 aromatic carbocycles. The molecule has 0 saturated carbocycles. The van der Waals surface area contributed by atoms with Gasteiger partial charge in [0, 0.05) is 59.5 Å². The van der Waals surface area contributed by atoms with Crippen LogP contribution in [0.2, 0.25) is 0 Å². The molecule has 9 heteroatoms. The maximum Gasteiger partial charge on any atom is 0.251 e. The van der Waals surface area contributed by atoms with E-state index in [2.05, 4.69) is 25.4 Å². The third-order valence-corrected chi connectivity index (χ3v) is 6.62. The lowest BCUT2D eigenvalue weighted by molar-refractivity contribution is 0.0383. The number of aromatic nitrogens is 4. The second-order valence-corrected chi connectivity index (χ2v) is 9.20. The average Bonchev–Trinajstić information content (AvgIpc) is 3.30. The van der Waals surface area contributed by atoms with Crippen LogP contribution >= 0.6 is 11.8 Å². The van der Waals surface area contributed by atoms with E-state index in [0.29, 0.717) is 17.3 Å². The number of morpholine rings is 1. The maximum atomic E-state index is 12.5. The minimum Gasteiger partial charge on any atom is -0.379 e. The minimum absolute atomic E-state index is 0.0621. The Balaban J connectivity index is 1.22. The Hall–Kier alpha value is -3.27. The molecule has 0 aliphatic carbocycles. The number of carbonyl (C=O) groups excluding carboxylic acids is 1. The van der Waals surface area contributed by atoms with Gasteiger partial charge < -0.3 is 10.1 Å². The number of hydrogen-bond donors (Lipinski definition) is 2. The molecule has 174 valence electrons. The molecule has 34 heavy (non-hydrogen) atoms. The molecule has 2 N–H and O–H groups in total. The fourth-order valence-electron chi connectivity index (χ4n) is 3.90. The number of amides is 1. The smallest absolute Gasteiger partial charge is 0.251 e. The zero-order valence-electron chi connectivity index (χ0n) is 19.0. The van der Waals surface area contributed by atoms with Gasteiger partial charge in [-0.1, -0.05) is 12.1 Å². The first kappa shape index (κ1) is 22.5. The number of nitrogens with zero attached hydrogens (tertiary/aromatic N) is 4. The van der Waals surface area contributed by atoms with Gasteiger partial charge in [-0.2, -0.15) is 5.10 Å². The molecule has 4 aromatic rings. The SMILES string of the molecule is Cc1cc(-c2cccc3nc(Sc4ccc(C(=O)NCCN5CCOCC5)cc4)ncc23)n[nH]1. The molecular weight excluding hydrogens is 448 g/mol. The first-order valence-corrected chi connectivity index (χ1v) is 12.1. The Kier molecular flexibility index (Phi) is 6.84. The zero-order valence-corrected chi connectivity index (χ0v) is 19.8. The number of fused-ring (bicyclic) bond motifs is 1.